The molecule has 0 aliphatic rings. The monoisotopic (exact) mass is 1260 g/mol. The summed E-state index contributed by atoms with van der Waals surface area (Å²) in [7, 11) is 0. The Morgan fingerprint density at radius 2 is 0.771 bits per heavy atom. The van der Waals surface area contributed by atoms with Gasteiger partial charge in [0.25, 0.3) is 0 Å². The van der Waals surface area contributed by atoms with Crippen molar-refractivity contribution in [3.05, 3.63) is 285 Å². The van der Waals surface area contributed by atoms with Gasteiger partial charge in [0.1, 0.15) is 0 Å². The SMILES string of the molecule is Cc1ccccc1-c1ccnc(-c2[c-]cccc2)c1.[Ir].[Ir].[c-]1ccc(-n2c3ccccc3c3ccccc32)cc1-c1ccccn1.[c-]1ccccc1-c1ccccn1.[c-]1ccccc1-c1ccccn1. The molecule has 5 aromatic heterocycles. The fourth-order valence-electron chi connectivity index (χ4n) is 7.81. The van der Waals surface area contributed by atoms with Crippen LogP contribution in [-0.2, 0) is 40.2 Å². The second-order valence-corrected chi connectivity index (χ2v) is 15.5. The summed E-state index contributed by atoms with van der Waals surface area (Å²) in [4.78, 5) is 17.3. The molecule has 0 spiro atoms. The Morgan fingerprint density at radius 3 is 1.26 bits per heavy atom. The number of hydrogen-bond acceptors (Lipinski definition) is 4. The number of hydrogen-bond donors (Lipinski definition) is 0. The number of para-hydroxylation sites is 2. The van der Waals surface area contributed by atoms with Gasteiger partial charge in [0.2, 0.25) is 0 Å². The van der Waals surface area contributed by atoms with Crippen molar-refractivity contribution in [1.29, 1.82) is 0 Å². The van der Waals surface area contributed by atoms with Crippen LogP contribution in [0.15, 0.2) is 255 Å². The second kappa shape index (κ2) is 25.6. The van der Waals surface area contributed by atoms with Gasteiger partial charge in [0, 0.05) is 75.8 Å². The van der Waals surface area contributed by atoms with Crippen molar-refractivity contribution in [2.75, 3.05) is 0 Å². The number of rotatable bonds is 6. The van der Waals surface area contributed by atoms with E-state index < -0.39 is 0 Å². The third-order valence-electron chi connectivity index (χ3n) is 11.1. The van der Waals surface area contributed by atoms with Crippen molar-refractivity contribution in [2.45, 2.75) is 6.92 Å². The van der Waals surface area contributed by atoms with E-state index in [-0.39, 0.29) is 40.2 Å². The van der Waals surface area contributed by atoms with Crippen LogP contribution in [0.3, 0.4) is 0 Å². The van der Waals surface area contributed by atoms with Gasteiger partial charge in [-0.05, 0) is 88.5 Å². The average Bonchev–Trinajstić information content (AvgIpc) is 3.78. The summed E-state index contributed by atoms with van der Waals surface area (Å²) in [6.45, 7) is 2.13. The molecule has 5 nitrogen and oxygen atoms in total. The molecule has 0 aliphatic carbocycles. The molecule has 0 saturated heterocycles. The van der Waals surface area contributed by atoms with Crippen molar-refractivity contribution in [3.8, 4) is 61.8 Å². The number of aryl methyl sites for hydroxylation is 1. The summed E-state index contributed by atoms with van der Waals surface area (Å²) in [5.41, 5.74) is 15.2. The molecular weight excluding hydrogens is 1210 g/mol. The maximum atomic E-state index is 4.46. The molecule has 0 fully saturated rings. The first-order valence-corrected chi connectivity index (χ1v) is 22.4. The molecule has 70 heavy (non-hydrogen) atoms. The van der Waals surface area contributed by atoms with E-state index in [0.717, 1.165) is 50.7 Å². The van der Waals surface area contributed by atoms with Crippen molar-refractivity contribution in [1.82, 2.24) is 24.5 Å². The minimum Gasteiger partial charge on any atom is -0.327 e. The fourth-order valence-corrected chi connectivity index (χ4v) is 7.81. The Bertz CT molecular complexity index is 3240. The van der Waals surface area contributed by atoms with Gasteiger partial charge in [-0.15, -0.1) is 138 Å². The Labute approximate surface area is 437 Å². The topological polar surface area (TPSA) is 56.5 Å². The molecule has 7 aromatic carbocycles. The van der Waals surface area contributed by atoms with Gasteiger partial charge < -0.3 is 24.5 Å². The van der Waals surface area contributed by atoms with E-state index >= 15 is 0 Å². The average molecular weight is 1260 g/mol. The third kappa shape index (κ3) is 12.7. The molecule has 0 aliphatic heterocycles. The summed E-state index contributed by atoms with van der Waals surface area (Å²) < 4.78 is 2.31. The summed E-state index contributed by atoms with van der Waals surface area (Å²) in [6.07, 6.45) is 7.25. The first-order chi connectivity index (χ1) is 33.7. The molecule has 5 heterocycles. The van der Waals surface area contributed by atoms with Crippen LogP contribution in [0.25, 0.3) is 83.6 Å². The predicted octanol–water partition coefficient (Wildman–Crippen LogP) is 15.3. The number of aromatic nitrogens is 5. The first-order valence-electron chi connectivity index (χ1n) is 22.4. The van der Waals surface area contributed by atoms with Gasteiger partial charge in [-0.25, -0.2) is 0 Å². The molecule has 0 unspecified atom stereocenters. The van der Waals surface area contributed by atoms with Crippen LogP contribution in [-0.4, -0.2) is 24.5 Å². The quantitative estimate of drug-likeness (QED) is 0.156. The zero-order valence-electron chi connectivity index (χ0n) is 38.2. The standard InChI is InChI=1S/C23H15N2.C18H14N.2C11H8N.2Ir/c1-3-13-22-19(10-1)20-11-2-4-14-23(20)25(22)18-9-7-8-17(16-18)21-12-5-6-15-24-21;1-14-7-5-6-10-17(14)16-11-12-19-18(13-16)15-8-3-2-4-9-15;2*1-2-6-10(7-3-1)11-8-4-5-9-12-11;;/h1-7,9-16H;2-8,10-13H,1H3;2*1-6,8-9H;;/q4*-1;;. The van der Waals surface area contributed by atoms with Crippen molar-refractivity contribution >= 4 is 21.8 Å². The van der Waals surface area contributed by atoms with E-state index in [1.54, 1.807) is 12.4 Å². The number of fused-ring (bicyclic) bond motifs is 3. The van der Waals surface area contributed by atoms with Crippen molar-refractivity contribution in [2.24, 2.45) is 0 Å². The van der Waals surface area contributed by atoms with Gasteiger partial charge in [-0.3, -0.25) is 0 Å². The Balaban J connectivity index is 0.000000143. The van der Waals surface area contributed by atoms with Gasteiger partial charge in [-0.1, -0.05) is 103 Å². The van der Waals surface area contributed by atoms with Crippen LogP contribution in [0.4, 0.5) is 0 Å². The van der Waals surface area contributed by atoms with Crippen LogP contribution in [0, 0.1) is 31.2 Å². The molecule has 12 rings (SSSR count). The van der Waals surface area contributed by atoms with E-state index in [4.69, 9.17) is 0 Å². The number of benzene rings is 7. The Hall–Kier alpha value is -7.76. The van der Waals surface area contributed by atoms with Gasteiger partial charge in [-0.2, -0.15) is 0 Å². The predicted molar refractivity (Wildman–Crippen MR) is 279 cm³/mol. The molecule has 0 atom stereocenters. The molecule has 12 aromatic rings. The minimum atomic E-state index is 0. The van der Waals surface area contributed by atoms with Gasteiger partial charge in [0.05, 0.1) is 11.0 Å². The Kier molecular flexibility index (Phi) is 18.3. The van der Waals surface area contributed by atoms with Gasteiger partial charge in [0.15, 0.2) is 0 Å². The zero-order chi connectivity index (χ0) is 46.2. The van der Waals surface area contributed by atoms with Crippen molar-refractivity contribution in [3.63, 3.8) is 0 Å². The fraction of sp³-hybridized carbons (Fsp3) is 0.0159. The maximum Gasteiger partial charge on any atom is 0.0523 e. The maximum absolute atomic E-state index is 4.46. The number of nitrogens with zero attached hydrogens (tertiary/aromatic N) is 5. The van der Waals surface area contributed by atoms with E-state index in [1.807, 2.05) is 146 Å². The summed E-state index contributed by atoms with van der Waals surface area (Å²) in [6, 6.07) is 89.9. The second-order valence-electron chi connectivity index (χ2n) is 15.5. The summed E-state index contributed by atoms with van der Waals surface area (Å²) in [5, 5.41) is 2.54. The van der Waals surface area contributed by atoms with E-state index in [2.05, 4.69) is 153 Å². The van der Waals surface area contributed by atoms with Crippen molar-refractivity contribution < 1.29 is 40.2 Å². The number of pyridine rings is 4. The normalized spacial score (nSPS) is 10.1. The molecular formula is C63H45Ir2N5-4. The first kappa shape index (κ1) is 50.1. The van der Waals surface area contributed by atoms with Crippen LogP contribution in [0.5, 0.6) is 0 Å². The molecule has 0 amide bonds. The molecule has 7 heteroatoms. The molecule has 0 N–H and O–H groups in total. The van der Waals surface area contributed by atoms with Gasteiger partial charge >= 0.3 is 0 Å². The minimum absolute atomic E-state index is 0. The van der Waals surface area contributed by atoms with E-state index in [0.29, 0.717) is 0 Å². The molecule has 0 bridgehead atoms. The Morgan fingerprint density at radius 1 is 0.343 bits per heavy atom. The molecule has 344 valence electrons. The van der Waals surface area contributed by atoms with Crippen LogP contribution >= 0.6 is 0 Å². The van der Waals surface area contributed by atoms with E-state index in [9.17, 15) is 0 Å². The van der Waals surface area contributed by atoms with Crippen LogP contribution in [0.2, 0.25) is 0 Å². The summed E-state index contributed by atoms with van der Waals surface area (Å²) in [5.74, 6) is 0. The molecule has 2 radical (unpaired) electrons. The van der Waals surface area contributed by atoms with E-state index in [1.165, 1.54) is 38.5 Å². The van der Waals surface area contributed by atoms with Crippen LogP contribution < -0.4 is 0 Å². The summed E-state index contributed by atoms with van der Waals surface area (Å²) >= 11 is 0. The zero-order valence-corrected chi connectivity index (χ0v) is 42.9. The van der Waals surface area contributed by atoms with Crippen LogP contribution in [0.1, 0.15) is 5.56 Å². The smallest absolute Gasteiger partial charge is 0.0523 e. The molecule has 0 saturated carbocycles. The third-order valence-corrected chi connectivity index (χ3v) is 11.1. The largest absolute Gasteiger partial charge is 0.327 e.